The maximum absolute atomic E-state index is 12.7. The molecule has 32 heavy (non-hydrogen) atoms. The van der Waals surface area contributed by atoms with Crippen LogP contribution >= 0.6 is 15.9 Å². The van der Waals surface area contributed by atoms with E-state index in [4.69, 9.17) is 15.2 Å². The predicted octanol–water partition coefficient (Wildman–Crippen LogP) is 0.226. The number of esters is 2. The molecule has 1 aliphatic rings. The summed E-state index contributed by atoms with van der Waals surface area (Å²) in [6.07, 6.45) is 0. The molecule has 0 radical (unpaired) electrons. The van der Waals surface area contributed by atoms with Gasteiger partial charge in [0, 0.05) is 43.5 Å². The zero-order valence-electron chi connectivity index (χ0n) is 17.5. The molecule has 3 N–H and O–H groups in total. The number of piperazine rings is 1. The fourth-order valence-corrected chi connectivity index (χ4v) is 3.47. The minimum absolute atomic E-state index is 0.0592. The van der Waals surface area contributed by atoms with Crippen LogP contribution in [0.5, 0.6) is 11.5 Å². The lowest BCUT2D eigenvalue weighted by Gasteiger charge is -2.32. The fourth-order valence-electron chi connectivity index (χ4n) is 2.91. The Morgan fingerprint density at radius 1 is 1.06 bits per heavy atom. The van der Waals surface area contributed by atoms with E-state index in [-0.39, 0.29) is 34.6 Å². The number of carbonyl (C=O) groups is 6. The SMILES string of the molecule is CCN1CCN(C(=O)NC(C(N)=O)c2cc(OC(C)=O)c(OC(C)=O)cc2Br)C(=O)C1=O. The zero-order chi connectivity index (χ0) is 24.2. The molecule has 1 fully saturated rings. The molecule has 1 unspecified atom stereocenters. The maximum Gasteiger partial charge on any atom is 0.325 e. The Morgan fingerprint density at radius 3 is 2.12 bits per heavy atom. The van der Waals surface area contributed by atoms with Gasteiger partial charge in [-0.2, -0.15) is 0 Å². The number of amides is 5. The predicted molar refractivity (Wildman–Crippen MR) is 111 cm³/mol. The molecule has 1 aromatic carbocycles. The first kappa shape index (κ1) is 24.8. The normalized spacial score (nSPS) is 14.6. The van der Waals surface area contributed by atoms with Gasteiger partial charge in [-0.15, -0.1) is 0 Å². The van der Waals surface area contributed by atoms with Gasteiger partial charge in [0.2, 0.25) is 5.91 Å². The maximum atomic E-state index is 12.7. The molecule has 0 bridgehead atoms. The van der Waals surface area contributed by atoms with Gasteiger partial charge in [0.1, 0.15) is 6.04 Å². The Bertz CT molecular complexity index is 996. The summed E-state index contributed by atoms with van der Waals surface area (Å²) < 4.78 is 10.2. The van der Waals surface area contributed by atoms with E-state index in [1.807, 2.05) is 0 Å². The summed E-state index contributed by atoms with van der Waals surface area (Å²) >= 11 is 3.20. The topological polar surface area (TPSA) is 165 Å². The first-order chi connectivity index (χ1) is 15.0. The monoisotopic (exact) mass is 512 g/mol. The van der Waals surface area contributed by atoms with Crippen molar-refractivity contribution in [3.63, 3.8) is 0 Å². The summed E-state index contributed by atoms with van der Waals surface area (Å²) in [5.74, 6) is -4.61. The minimum atomic E-state index is -1.48. The molecule has 0 saturated carbocycles. The number of imide groups is 1. The average Bonchev–Trinajstić information content (AvgIpc) is 2.69. The van der Waals surface area contributed by atoms with E-state index in [0.717, 1.165) is 13.8 Å². The molecule has 1 heterocycles. The average molecular weight is 513 g/mol. The van der Waals surface area contributed by atoms with E-state index in [1.54, 1.807) is 6.92 Å². The molecule has 13 heteroatoms. The van der Waals surface area contributed by atoms with Gasteiger partial charge < -0.3 is 25.4 Å². The molecule has 1 saturated heterocycles. The van der Waals surface area contributed by atoms with Crippen molar-refractivity contribution in [1.82, 2.24) is 15.1 Å². The number of primary amides is 1. The van der Waals surface area contributed by atoms with Crippen molar-refractivity contribution >= 4 is 51.6 Å². The van der Waals surface area contributed by atoms with E-state index in [9.17, 15) is 28.8 Å². The largest absolute Gasteiger partial charge is 0.423 e. The number of nitrogens with zero attached hydrogens (tertiary/aromatic N) is 2. The van der Waals surface area contributed by atoms with Gasteiger partial charge in [0.25, 0.3) is 0 Å². The number of ether oxygens (including phenoxy) is 2. The van der Waals surface area contributed by atoms with Crippen LogP contribution in [-0.4, -0.2) is 65.1 Å². The highest BCUT2D eigenvalue weighted by atomic mass is 79.9. The van der Waals surface area contributed by atoms with Gasteiger partial charge in [-0.05, 0) is 19.1 Å². The summed E-state index contributed by atoms with van der Waals surface area (Å²) in [5.41, 5.74) is 5.50. The summed E-state index contributed by atoms with van der Waals surface area (Å²) in [7, 11) is 0. The second kappa shape index (κ2) is 10.2. The van der Waals surface area contributed by atoms with Crippen molar-refractivity contribution in [2.45, 2.75) is 26.8 Å². The minimum Gasteiger partial charge on any atom is -0.423 e. The Balaban J connectivity index is 2.37. The van der Waals surface area contributed by atoms with Gasteiger partial charge in [-0.1, -0.05) is 15.9 Å². The highest BCUT2D eigenvalue weighted by Gasteiger charge is 2.37. The van der Waals surface area contributed by atoms with Crippen molar-refractivity contribution in [1.29, 1.82) is 0 Å². The number of benzene rings is 1. The number of nitrogens with one attached hydrogen (secondary N) is 1. The standard InChI is InChI=1S/C19H21BrN4O8/c1-4-23-5-6-24(18(29)17(23)28)19(30)22-15(16(21)27)11-7-13(31-9(2)25)14(8-12(11)20)32-10(3)26/h7-8,15H,4-6H2,1-3H3,(H2,21,27)(H,22,30). The molecular formula is C19H21BrN4O8. The van der Waals surface area contributed by atoms with Crippen molar-refractivity contribution in [3.8, 4) is 11.5 Å². The molecule has 1 aliphatic heterocycles. The van der Waals surface area contributed by atoms with Gasteiger partial charge in [-0.3, -0.25) is 28.9 Å². The Kier molecular flexibility index (Phi) is 7.92. The van der Waals surface area contributed by atoms with E-state index in [0.29, 0.717) is 11.4 Å². The van der Waals surface area contributed by atoms with Crippen LogP contribution in [0.2, 0.25) is 0 Å². The number of nitrogens with two attached hydrogens (primary N) is 1. The van der Waals surface area contributed by atoms with Crippen LogP contribution in [-0.2, 0) is 24.0 Å². The van der Waals surface area contributed by atoms with E-state index >= 15 is 0 Å². The molecular weight excluding hydrogens is 492 g/mol. The van der Waals surface area contributed by atoms with Gasteiger partial charge >= 0.3 is 29.8 Å². The number of rotatable bonds is 6. The third kappa shape index (κ3) is 5.60. The lowest BCUT2D eigenvalue weighted by molar-refractivity contribution is -0.153. The van der Waals surface area contributed by atoms with E-state index in [1.165, 1.54) is 17.0 Å². The molecule has 1 aromatic rings. The van der Waals surface area contributed by atoms with Crippen LogP contribution in [0.1, 0.15) is 32.4 Å². The molecule has 2 rings (SSSR count). The second-order valence-corrected chi connectivity index (χ2v) is 7.49. The Hall–Kier alpha value is -3.48. The summed E-state index contributed by atoms with van der Waals surface area (Å²) in [5, 5.41) is 2.31. The molecule has 0 aliphatic carbocycles. The number of likely N-dealkylation sites (N-methyl/N-ethyl adjacent to an activating group) is 1. The van der Waals surface area contributed by atoms with Crippen molar-refractivity contribution in [2.75, 3.05) is 19.6 Å². The molecule has 1 atom stereocenters. The lowest BCUT2D eigenvalue weighted by Crippen LogP contribution is -2.59. The third-order valence-corrected chi connectivity index (χ3v) is 5.06. The molecule has 172 valence electrons. The number of hydrogen-bond donors (Lipinski definition) is 2. The highest BCUT2D eigenvalue weighted by molar-refractivity contribution is 9.10. The van der Waals surface area contributed by atoms with Crippen LogP contribution in [0, 0.1) is 0 Å². The van der Waals surface area contributed by atoms with Gasteiger partial charge in [-0.25, -0.2) is 4.79 Å². The fraction of sp³-hybridized carbons (Fsp3) is 0.368. The zero-order valence-corrected chi connectivity index (χ0v) is 19.1. The van der Waals surface area contributed by atoms with Crippen LogP contribution < -0.4 is 20.5 Å². The van der Waals surface area contributed by atoms with Crippen LogP contribution in [0.15, 0.2) is 16.6 Å². The molecule has 12 nitrogen and oxygen atoms in total. The van der Waals surface area contributed by atoms with Crippen LogP contribution in [0.25, 0.3) is 0 Å². The Labute approximate surface area is 191 Å². The van der Waals surface area contributed by atoms with Crippen molar-refractivity contribution in [2.24, 2.45) is 5.73 Å². The number of halogens is 1. The molecule has 0 spiro atoms. The summed E-state index contributed by atoms with van der Waals surface area (Å²) in [4.78, 5) is 73.8. The van der Waals surface area contributed by atoms with Crippen molar-refractivity contribution < 1.29 is 38.2 Å². The van der Waals surface area contributed by atoms with Crippen molar-refractivity contribution in [3.05, 3.63) is 22.2 Å². The lowest BCUT2D eigenvalue weighted by atomic mass is 10.1. The van der Waals surface area contributed by atoms with Gasteiger partial charge in [0.15, 0.2) is 11.5 Å². The summed E-state index contributed by atoms with van der Waals surface area (Å²) in [6.45, 7) is 4.34. The van der Waals surface area contributed by atoms with Crippen LogP contribution in [0.4, 0.5) is 4.79 Å². The molecule has 0 aromatic heterocycles. The number of carbonyl (C=O) groups excluding carboxylic acids is 6. The third-order valence-electron chi connectivity index (χ3n) is 4.37. The first-order valence-corrected chi connectivity index (χ1v) is 10.2. The number of urea groups is 1. The smallest absolute Gasteiger partial charge is 0.325 e. The van der Waals surface area contributed by atoms with E-state index in [2.05, 4.69) is 21.2 Å². The first-order valence-electron chi connectivity index (χ1n) is 9.37. The highest BCUT2D eigenvalue weighted by Crippen LogP contribution is 2.37. The second-order valence-electron chi connectivity index (χ2n) is 6.63. The molecule has 5 amide bonds. The summed E-state index contributed by atoms with van der Waals surface area (Å²) in [6, 6.07) is -0.0506. The Morgan fingerprint density at radius 2 is 1.62 bits per heavy atom. The van der Waals surface area contributed by atoms with Crippen LogP contribution in [0.3, 0.4) is 0 Å². The van der Waals surface area contributed by atoms with Gasteiger partial charge in [0.05, 0.1) is 0 Å². The number of hydrogen-bond acceptors (Lipinski definition) is 8. The quantitative estimate of drug-likeness (QED) is 0.310. The van der Waals surface area contributed by atoms with E-state index < -0.39 is 41.7 Å².